The second kappa shape index (κ2) is 5.76. The molecule has 2 heterocycles. The van der Waals surface area contributed by atoms with Gasteiger partial charge in [0.2, 0.25) is 11.1 Å². The highest BCUT2D eigenvalue weighted by molar-refractivity contribution is 7.09. The number of anilines is 2. The molecule has 1 saturated heterocycles. The second-order valence-corrected chi connectivity index (χ2v) is 5.93. The van der Waals surface area contributed by atoms with Gasteiger partial charge in [-0.25, -0.2) is 0 Å². The van der Waals surface area contributed by atoms with E-state index in [0.29, 0.717) is 12.0 Å². The normalized spacial score (nSPS) is 20.2. The summed E-state index contributed by atoms with van der Waals surface area (Å²) in [7, 11) is 0. The highest BCUT2D eigenvalue weighted by atomic mass is 32.1. The second-order valence-electron chi connectivity index (χ2n) is 5.20. The van der Waals surface area contributed by atoms with Crippen LogP contribution in [0.2, 0.25) is 0 Å². The molecule has 1 atom stereocenters. The Morgan fingerprint density at radius 2 is 2.10 bits per heavy atom. The third-order valence-corrected chi connectivity index (χ3v) is 4.40. The highest BCUT2D eigenvalue weighted by Crippen LogP contribution is 2.23. The molecule has 1 aromatic carbocycles. The molecule has 2 N–H and O–H groups in total. The van der Waals surface area contributed by atoms with E-state index in [-0.39, 0.29) is 0 Å². The average Bonchev–Trinajstić information content (AvgIpc) is 2.86. The Morgan fingerprint density at radius 1 is 1.30 bits per heavy atom. The molecular formula is C14H19N5S. The summed E-state index contributed by atoms with van der Waals surface area (Å²) in [5, 5.41) is 0.939. The van der Waals surface area contributed by atoms with Gasteiger partial charge in [-0.3, -0.25) is 4.90 Å². The maximum Gasteiger partial charge on any atom is 0.233 e. The first-order valence-corrected chi connectivity index (χ1v) is 7.62. The quantitative estimate of drug-likeness (QED) is 0.934. The molecule has 106 valence electrons. The van der Waals surface area contributed by atoms with E-state index in [1.54, 1.807) is 0 Å². The summed E-state index contributed by atoms with van der Waals surface area (Å²) < 4.78 is 4.07. The molecule has 2 aromatic rings. The smallest absolute Gasteiger partial charge is 0.233 e. The van der Waals surface area contributed by atoms with Gasteiger partial charge in [0, 0.05) is 43.8 Å². The topological polar surface area (TPSA) is 58.3 Å². The van der Waals surface area contributed by atoms with Crippen LogP contribution in [0.15, 0.2) is 30.3 Å². The molecule has 6 heteroatoms. The van der Waals surface area contributed by atoms with E-state index in [2.05, 4.69) is 56.4 Å². The predicted molar refractivity (Wildman–Crippen MR) is 82.8 cm³/mol. The molecule has 20 heavy (non-hydrogen) atoms. The molecule has 0 aliphatic carbocycles. The lowest BCUT2D eigenvalue weighted by Crippen LogP contribution is -2.51. The predicted octanol–water partition coefficient (Wildman–Crippen LogP) is 1.83. The van der Waals surface area contributed by atoms with Gasteiger partial charge in [-0.2, -0.15) is 9.36 Å². The van der Waals surface area contributed by atoms with Gasteiger partial charge in [-0.15, -0.1) is 0 Å². The lowest BCUT2D eigenvalue weighted by Gasteiger charge is -2.39. The van der Waals surface area contributed by atoms with Crippen LogP contribution in [0.4, 0.5) is 11.1 Å². The molecule has 1 aliphatic rings. The van der Waals surface area contributed by atoms with Gasteiger partial charge in [-0.1, -0.05) is 30.3 Å². The van der Waals surface area contributed by atoms with Crippen molar-refractivity contribution >= 4 is 22.6 Å². The maximum absolute atomic E-state index is 5.61. The van der Waals surface area contributed by atoms with E-state index in [9.17, 15) is 0 Å². The van der Waals surface area contributed by atoms with Gasteiger partial charge < -0.3 is 10.6 Å². The van der Waals surface area contributed by atoms with Gasteiger partial charge in [0.05, 0.1) is 0 Å². The number of nitrogens with zero attached hydrogens (tertiary/aromatic N) is 4. The van der Waals surface area contributed by atoms with Crippen LogP contribution >= 0.6 is 11.5 Å². The lowest BCUT2D eigenvalue weighted by atomic mass is 10.1. The minimum absolute atomic E-state index is 0.379. The van der Waals surface area contributed by atoms with Gasteiger partial charge in [-0.05, 0) is 12.5 Å². The van der Waals surface area contributed by atoms with E-state index in [1.807, 2.05) is 0 Å². The van der Waals surface area contributed by atoms with Crippen LogP contribution in [0.25, 0.3) is 0 Å². The SMILES string of the molecule is CC1CN(Cc2ccccc2)CCN1c1nc(N)ns1. The van der Waals surface area contributed by atoms with Crippen molar-refractivity contribution in [2.75, 3.05) is 30.3 Å². The minimum atomic E-state index is 0.379. The Hall–Kier alpha value is -1.66. The van der Waals surface area contributed by atoms with Crippen molar-refractivity contribution in [1.82, 2.24) is 14.3 Å². The summed E-state index contributed by atoms with van der Waals surface area (Å²) in [6, 6.07) is 11.0. The Bertz CT molecular complexity index is 556. The van der Waals surface area contributed by atoms with Crippen molar-refractivity contribution < 1.29 is 0 Å². The number of nitrogen functional groups attached to an aromatic ring is 1. The number of aromatic nitrogens is 2. The van der Waals surface area contributed by atoms with Gasteiger partial charge in [0.15, 0.2) is 0 Å². The van der Waals surface area contributed by atoms with Crippen LogP contribution < -0.4 is 10.6 Å². The zero-order valence-electron chi connectivity index (χ0n) is 11.6. The Kier molecular flexibility index (Phi) is 3.84. The molecule has 0 spiro atoms. The zero-order valence-corrected chi connectivity index (χ0v) is 12.4. The van der Waals surface area contributed by atoms with E-state index in [4.69, 9.17) is 5.73 Å². The fraction of sp³-hybridized carbons (Fsp3) is 0.429. The number of rotatable bonds is 3. The van der Waals surface area contributed by atoms with Crippen molar-refractivity contribution in [3.8, 4) is 0 Å². The lowest BCUT2D eigenvalue weighted by molar-refractivity contribution is 0.221. The molecule has 3 rings (SSSR count). The maximum atomic E-state index is 5.61. The third-order valence-electron chi connectivity index (χ3n) is 3.64. The Labute approximate surface area is 123 Å². The highest BCUT2D eigenvalue weighted by Gasteiger charge is 2.25. The largest absolute Gasteiger partial charge is 0.367 e. The summed E-state index contributed by atoms with van der Waals surface area (Å²) in [6.07, 6.45) is 0. The number of nitrogens with two attached hydrogens (primary N) is 1. The van der Waals surface area contributed by atoms with E-state index in [1.165, 1.54) is 17.1 Å². The van der Waals surface area contributed by atoms with Crippen LogP contribution in [-0.4, -0.2) is 39.9 Å². The van der Waals surface area contributed by atoms with Crippen LogP contribution in [0.5, 0.6) is 0 Å². The summed E-state index contributed by atoms with van der Waals surface area (Å²) in [6.45, 7) is 6.29. The van der Waals surface area contributed by atoms with E-state index < -0.39 is 0 Å². The number of benzene rings is 1. The molecule has 1 aliphatic heterocycles. The average molecular weight is 289 g/mol. The van der Waals surface area contributed by atoms with Crippen molar-refractivity contribution in [1.29, 1.82) is 0 Å². The number of piperazine rings is 1. The monoisotopic (exact) mass is 289 g/mol. The molecule has 1 unspecified atom stereocenters. The summed E-state index contributed by atoms with van der Waals surface area (Å²) in [4.78, 5) is 9.07. The minimum Gasteiger partial charge on any atom is -0.367 e. The summed E-state index contributed by atoms with van der Waals surface area (Å²) in [5.74, 6) is 0.379. The molecule has 0 amide bonds. The molecule has 5 nitrogen and oxygen atoms in total. The number of hydrogen-bond acceptors (Lipinski definition) is 6. The van der Waals surface area contributed by atoms with Crippen molar-refractivity contribution in [3.63, 3.8) is 0 Å². The van der Waals surface area contributed by atoms with E-state index in [0.717, 1.165) is 31.3 Å². The van der Waals surface area contributed by atoms with E-state index >= 15 is 0 Å². The van der Waals surface area contributed by atoms with Crippen LogP contribution in [0, 0.1) is 0 Å². The molecular weight excluding hydrogens is 270 g/mol. The van der Waals surface area contributed by atoms with Crippen molar-refractivity contribution in [2.45, 2.75) is 19.5 Å². The fourth-order valence-corrected chi connectivity index (χ4v) is 3.37. The Balaban J connectivity index is 1.62. The van der Waals surface area contributed by atoms with Gasteiger partial charge in [0.1, 0.15) is 0 Å². The van der Waals surface area contributed by atoms with Gasteiger partial charge >= 0.3 is 0 Å². The molecule has 0 saturated carbocycles. The first-order chi connectivity index (χ1) is 9.72. The summed E-state index contributed by atoms with van der Waals surface area (Å²) >= 11 is 1.39. The standard InChI is InChI=1S/C14H19N5S/c1-11-9-18(10-12-5-3-2-4-6-12)7-8-19(11)14-16-13(15)17-20-14/h2-6,11H,7-10H2,1H3,(H2,15,17). The third kappa shape index (κ3) is 2.91. The fourth-order valence-electron chi connectivity index (χ4n) is 2.65. The first kappa shape index (κ1) is 13.3. The molecule has 0 bridgehead atoms. The molecule has 0 radical (unpaired) electrons. The van der Waals surface area contributed by atoms with Crippen LogP contribution in [0.1, 0.15) is 12.5 Å². The zero-order chi connectivity index (χ0) is 13.9. The Morgan fingerprint density at radius 3 is 2.75 bits per heavy atom. The van der Waals surface area contributed by atoms with Crippen LogP contribution in [0.3, 0.4) is 0 Å². The number of hydrogen-bond donors (Lipinski definition) is 1. The van der Waals surface area contributed by atoms with Crippen molar-refractivity contribution in [3.05, 3.63) is 35.9 Å². The molecule has 1 aromatic heterocycles. The van der Waals surface area contributed by atoms with Crippen molar-refractivity contribution in [2.24, 2.45) is 0 Å². The van der Waals surface area contributed by atoms with Gasteiger partial charge in [0.25, 0.3) is 0 Å². The van der Waals surface area contributed by atoms with Crippen LogP contribution in [-0.2, 0) is 6.54 Å². The first-order valence-electron chi connectivity index (χ1n) is 6.84. The molecule has 1 fully saturated rings. The summed E-state index contributed by atoms with van der Waals surface area (Å²) in [5.41, 5.74) is 6.98.